The second-order valence-corrected chi connectivity index (χ2v) is 4.77. The summed E-state index contributed by atoms with van der Waals surface area (Å²) in [6.07, 6.45) is 1.13. The van der Waals surface area contributed by atoms with E-state index in [1.165, 1.54) is 0 Å². The fraction of sp³-hybridized carbons (Fsp3) is 0.538. The van der Waals surface area contributed by atoms with Gasteiger partial charge in [0, 0.05) is 16.8 Å². The highest BCUT2D eigenvalue weighted by Gasteiger charge is 2.10. The molecule has 1 aromatic carbocycles. The Bertz CT molecular complexity index is 320. The van der Waals surface area contributed by atoms with E-state index in [0.717, 1.165) is 22.7 Å². The first-order valence-corrected chi connectivity index (χ1v) is 5.95. The van der Waals surface area contributed by atoms with Gasteiger partial charge in [-0.15, -0.1) is 0 Å². The van der Waals surface area contributed by atoms with Crippen molar-refractivity contribution in [3.8, 4) is 0 Å². The minimum atomic E-state index is 0.517. The Kier molecular flexibility index (Phi) is 4.46. The van der Waals surface area contributed by atoms with Crippen molar-refractivity contribution in [2.24, 2.45) is 5.92 Å². The lowest BCUT2D eigenvalue weighted by Crippen LogP contribution is -2.24. The van der Waals surface area contributed by atoms with Crippen LogP contribution in [0.25, 0.3) is 0 Å². The number of hydrogen-bond donors (Lipinski definition) is 1. The molecule has 2 heteroatoms. The average molecular weight is 226 g/mol. The van der Waals surface area contributed by atoms with Crippen LogP contribution < -0.4 is 5.32 Å². The molecule has 1 atom stereocenters. The Hall–Kier alpha value is -0.690. The molecule has 1 nitrogen and oxygen atoms in total. The van der Waals surface area contributed by atoms with Gasteiger partial charge in [-0.25, -0.2) is 0 Å². The fourth-order valence-electron chi connectivity index (χ4n) is 1.64. The van der Waals surface area contributed by atoms with E-state index in [0.29, 0.717) is 12.0 Å². The SMILES string of the molecule is CCC(Nc1ccc(C)c(Cl)c1)C(C)C. The number of aryl methyl sites for hydroxylation is 1. The smallest absolute Gasteiger partial charge is 0.0455 e. The lowest BCUT2D eigenvalue weighted by atomic mass is 10.0. The lowest BCUT2D eigenvalue weighted by molar-refractivity contribution is 0.511. The van der Waals surface area contributed by atoms with Gasteiger partial charge in [-0.3, -0.25) is 0 Å². The summed E-state index contributed by atoms with van der Waals surface area (Å²) in [5.74, 6) is 0.634. The lowest BCUT2D eigenvalue weighted by Gasteiger charge is -2.22. The van der Waals surface area contributed by atoms with Crippen molar-refractivity contribution in [2.45, 2.75) is 40.2 Å². The van der Waals surface area contributed by atoms with Crippen LogP contribution in [0.1, 0.15) is 32.8 Å². The van der Waals surface area contributed by atoms with Crippen molar-refractivity contribution < 1.29 is 0 Å². The zero-order chi connectivity index (χ0) is 11.4. The van der Waals surface area contributed by atoms with Crippen LogP contribution in [-0.2, 0) is 0 Å². The number of hydrogen-bond acceptors (Lipinski definition) is 1. The molecule has 0 saturated carbocycles. The predicted octanol–water partition coefficient (Wildman–Crippen LogP) is 4.49. The molecule has 84 valence electrons. The van der Waals surface area contributed by atoms with E-state index >= 15 is 0 Å². The number of halogens is 1. The molecule has 0 spiro atoms. The molecule has 0 radical (unpaired) electrons. The zero-order valence-electron chi connectivity index (χ0n) is 9.97. The van der Waals surface area contributed by atoms with Gasteiger partial charge in [0.15, 0.2) is 0 Å². The van der Waals surface area contributed by atoms with Crippen LogP contribution in [0.15, 0.2) is 18.2 Å². The minimum absolute atomic E-state index is 0.517. The summed E-state index contributed by atoms with van der Waals surface area (Å²) in [4.78, 5) is 0. The molecule has 0 heterocycles. The fourth-order valence-corrected chi connectivity index (χ4v) is 1.82. The first-order chi connectivity index (χ1) is 7.04. The van der Waals surface area contributed by atoms with Crippen molar-refractivity contribution in [3.63, 3.8) is 0 Å². The minimum Gasteiger partial charge on any atom is -0.382 e. The normalized spacial score (nSPS) is 12.9. The summed E-state index contributed by atoms with van der Waals surface area (Å²) < 4.78 is 0. The first kappa shape index (κ1) is 12.4. The monoisotopic (exact) mass is 225 g/mol. The quantitative estimate of drug-likeness (QED) is 0.796. The number of rotatable bonds is 4. The number of benzene rings is 1. The molecule has 0 bridgehead atoms. The summed E-state index contributed by atoms with van der Waals surface area (Å²) in [5.41, 5.74) is 2.24. The largest absolute Gasteiger partial charge is 0.382 e. The van der Waals surface area contributed by atoms with E-state index in [-0.39, 0.29) is 0 Å². The Morgan fingerprint density at radius 1 is 1.33 bits per heavy atom. The van der Waals surface area contributed by atoms with Gasteiger partial charge >= 0.3 is 0 Å². The third kappa shape index (κ3) is 3.42. The van der Waals surface area contributed by atoms with E-state index < -0.39 is 0 Å². The maximum absolute atomic E-state index is 6.08. The van der Waals surface area contributed by atoms with Crippen molar-refractivity contribution in [1.82, 2.24) is 0 Å². The third-order valence-electron chi connectivity index (χ3n) is 2.77. The van der Waals surface area contributed by atoms with Crippen LogP contribution in [-0.4, -0.2) is 6.04 Å². The predicted molar refractivity (Wildman–Crippen MR) is 68.7 cm³/mol. The Morgan fingerprint density at radius 2 is 2.00 bits per heavy atom. The highest BCUT2D eigenvalue weighted by molar-refractivity contribution is 6.31. The van der Waals surface area contributed by atoms with E-state index in [1.807, 2.05) is 13.0 Å². The van der Waals surface area contributed by atoms with Crippen LogP contribution in [0.4, 0.5) is 5.69 Å². The number of anilines is 1. The van der Waals surface area contributed by atoms with E-state index in [9.17, 15) is 0 Å². The summed E-state index contributed by atoms with van der Waals surface area (Å²) in [7, 11) is 0. The Balaban J connectivity index is 2.75. The van der Waals surface area contributed by atoms with Crippen molar-refractivity contribution in [3.05, 3.63) is 28.8 Å². The summed E-state index contributed by atoms with van der Waals surface area (Å²) in [6.45, 7) is 8.69. The van der Waals surface area contributed by atoms with Gasteiger partial charge in [0.25, 0.3) is 0 Å². The van der Waals surface area contributed by atoms with Crippen molar-refractivity contribution in [1.29, 1.82) is 0 Å². The molecule has 0 aliphatic rings. The highest BCUT2D eigenvalue weighted by atomic mass is 35.5. The van der Waals surface area contributed by atoms with Gasteiger partial charge in [0.05, 0.1) is 0 Å². The van der Waals surface area contributed by atoms with E-state index in [4.69, 9.17) is 11.6 Å². The summed E-state index contributed by atoms with van der Waals surface area (Å²) >= 11 is 6.08. The van der Waals surface area contributed by atoms with Crippen LogP contribution in [0.5, 0.6) is 0 Å². The van der Waals surface area contributed by atoms with Gasteiger partial charge in [-0.05, 0) is 37.0 Å². The average Bonchev–Trinajstić information content (AvgIpc) is 2.19. The zero-order valence-corrected chi connectivity index (χ0v) is 10.7. The molecule has 0 saturated heterocycles. The van der Waals surface area contributed by atoms with Gasteiger partial charge < -0.3 is 5.32 Å². The summed E-state index contributed by atoms with van der Waals surface area (Å²) in [5, 5.41) is 4.34. The van der Waals surface area contributed by atoms with Crippen LogP contribution in [0.2, 0.25) is 5.02 Å². The Morgan fingerprint density at radius 3 is 2.47 bits per heavy atom. The second-order valence-electron chi connectivity index (χ2n) is 4.37. The molecule has 1 N–H and O–H groups in total. The molecule has 0 aliphatic heterocycles. The maximum Gasteiger partial charge on any atom is 0.0455 e. The molecule has 15 heavy (non-hydrogen) atoms. The molecule has 0 fully saturated rings. The third-order valence-corrected chi connectivity index (χ3v) is 3.18. The van der Waals surface area contributed by atoms with Crippen molar-refractivity contribution in [2.75, 3.05) is 5.32 Å². The molecule has 1 rings (SSSR count). The van der Waals surface area contributed by atoms with Crippen LogP contribution in [0, 0.1) is 12.8 Å². The second kappa shape index (κ2) is 5.41. The van der Waals surface area contributed by atoms with Crippen LogP contribution in [0.3, 0.4) is 0 Å². The first-order valence-electron chi connectivity index (χ1n) is 5.57. The van der Waals surface area contributed by atoms with Gasteiger partial charge in [0.1, 0.15) is 0 Å². The van der Waals surface area contributed by atoms with Gasteiger partial charge in [0.2, 0.25) is 0 Å². The molecule has 1 aromatic rings. The van der Waals surface area contributed by atoms with Gasteiger partial charge in [-0.1, -0.05) is 38.4 Å². The topological polar surface area (TPSA) is 12.0 Å². The van der Waals surface area contributed by atoms with Crippen molar-refractivity contribution >= 4 is 17.3 Å². The maximum atomic E-state index is 6.08. The molecular formula is C13H20ClN. The molecule has 0 amide bonds. The molecule has 0 aromatic heterocycles. The Labute approximate surface area is 97.8 Å². The molecule has 1 unspecified atom stereocenters. The summed E-state index contributed by atoms with van der Waals surface area (Å²) in [6, 6.07) is 6.66. The number of nitrogens with one attached hydrogen (secondary N) is 1. The van der Waals surface area contributed by atoms with Gasteiger partial charge in [-0.2, -0.15) is 0 Å². The van der Waals surface area contributed by atoms with E-state index in [1.54, 1.807) is 0 Å². The molecular weight excluding hydrogens is 206 g/mol. The standard InChI is InChI=1S/C13H20ClN/c1-5-13(9(2)3)15-11-7-6-10(4)12(14)8-11/h6-9,13,15H,5H2,1-4H3. The van der Waals surface area contributed by atoms with E-state index in [2.05, 4.69) is 38.2 Å². The van der Waals surface area contributed by atoms with Crippen LogP contribution >= 0.6 is 11.6 Å². The highest BCUT2D eigenvalue weighted by Crippen LogP contribution is 2.22. The molecule has 0 aliphatic carbocycles.